The van der Waals surface area contributed by atoms with Crippen LogP contribution in [0.1, 0.15) is 0 Å². The average molecular weight is 603 g/mol. The van der Waals surface area contributed by atoms with Gasteiger partial charge in [0.05, 0.1) is 0 Å². The monoisotopic (exact) mass is 602 g/mol. The zero-order valence-corrected chi connectivity index (χ0v) is 25.2. The minimum Gasteiger partial charge on any atom is -0.456 e. The van der Waals surface area contributed by atoms with Crippen molar-refractivity contribution in [3.8, 4) is 22.6 Å². The number of nitrogens with zero attached hydrogens (tertiary/aromatic N) is 2. The average Bonchev–Trinajstić information content (AvgIpc) is 3.76. The Morgan fingerprint density at radius 1 is 0.426 bits per heavy atom. The molecule has 0 saturated heterocycles. The van der Waals surface area contributed by atoms with E-state index in [1.165, 1.54) is 21.9 Å². The first-order chi connectivity index (χ1) is 23.3. The van der Waals surface area contributed by atoms with E-state index in [1.807, 2.05) is 30.3 Å². The summed E-state index contributed by atoms with van der Waals surface area (Å²) in [7, 11) is 0. The molecule has 2 heterocycles. The fourth-order valence-electron chi connectivity index (χ4n) is 7.04. The molecule has 220 valence electrons. The van der Waals surface area contributed by atoms with Crippen molar-refractivity contribution < 1.29 is 8.83 Å². The second-order valence-corrected chi connectivity index (χ2v) is 12.0. The molecular weight excluding hydrogens is 576 g/mol. The Hall–Kier alpha value is -6.39. The maximum absolute atomic E-state index is 6.61. The molecule has 0 aliphatic carbocycles. The number of oxazole rings is 1. The van der Waals surface area contributed by atoms with E-state index in [1.54, 1.807) is 0 Å². The van der Waals surface area contributed by atoms with Crippen molar-refractivity contribution in [2.75, 3.05) is 4.90 Å². The smallest absolute Gasteiger partial charge is 0.227 e. The molecule has 0 saturated carbocycles. The van der Waals surface area contributed by atoms with Crippen LogP contribution < -0.4 is 4.90 Å². The second kappa shape index (κ2) is 10.1. The topological polar surface area (TPSA) is 42.4 Å². The number of hydrogen-bond donors (Lipinski definition) is 0. The summed E-state index contributed by atoms with van der Waals surface area (Å²) in [5.41, 5.74) is 9.80. The highest BCUT2D eigenvalue weighted by molar-refractivity contribution is 6.31. The summed E-state index contributed by atoms with van der Waals surface area (Å²) in [5.74, 6) is 0.590. The molecule has 0 radical (unpaired) electrons. The van der Waals surface area contributed by atoms with Crippen LogP contribution in [0.15, 0.2) is 167 Å². The van der Waals surface area contributed by atoms with Crippen molar-refractivity contribution in [1.82, 2.24) is 4.98 Å². The van der Waals surface area contributed by atoms with Crippen LogP contribution in [-0.2, 0) is 0 Å². The molecule has 4 nitrogen and oxygen atoms in total. The molecule has 4 heteroatoms. The van der Waals surface area contributed by atoms with Crippen LogP contribution >= 0.6 is 0 Å². The fraction of sp³-hybridized carbons (Fsp3) is 0. The van der Waals surface area contributed by atoms with E-state index in [0.717, 1.165) is 66.4 Å². The van der Waals surface area contributed by atoms with Gasteiger partial charge in [0.15, 0.2) is 5.58 Å². The van der Waals surface area contributed by atoms with Gasteiger partial charge in [0.1, 0.15) is 16.7 Å². The van der Waals surface area contributed by atoms with Crippen molar-refractivity contribution >= 4 is 71.6 Å². The maximum Gasteiger partial charge on any atom is 0.227 e. The summed E-state index contributed by atoms with van der Waals surface area (Å²) in [6.07, 6.45) is 0. The SMILES string of the molecule is c1ccc(N(c2ccc(-c3ccc4ccccc4c3)cc2)c2cccc(-c3nc4c5cccc6oc7cccc(c4o3)c7c65)c2)cc1. The Morgan fingerprint density at radius 2 is 1.09 bits per heavy atom. The van der Waals surface area contributed by atoms with Crippen LogP contribution in [0.3, 0.4) is 0 Å². The Labute approximate surface area is 270 Å². The van der Waals surface area contributed by atoms with Crippen molar-refractivity contribution in [3.63, 3.8) is 0 Å². The number of anilines is 3. The zero-order chi connectivity index (χ0) is 30.9. The van der Waals surface area contributed by atoms with E-state index in [-0.39, 0.29) is 0 Å². The third kappa shape index (κ3) is 4.05. The first-order valence-electron chi connectivity index (χ1n) is 15.8. The molecule has 0 aliphatic rings. The van der Waals surface area contributed by atoms with Gasteiger partial charge in [0.25, 0.3) is 0 Å². The highest BCUT2D eigenvalue weighted by Gasteiger charge is 2.22. The maximum atomic E-state index is 6.61. The molecule has 0 N–H and O–H groups in total. The van der Waals surface area contributed by atoms with Crippen molar-refractivity contribution in [2.24, 2.45) is 0 Å². The normalized spacial score (nSPS) is 11.8. The Bertz CT molecular complexity index is 2660. The molecule has 0 fully saturated rings. The first-order valence-corrected chi connectivity index (χ1v) is 15.8. The molecule has 0 unspecified atom stereocenters. The van der Waals surface area contributed by atoms with Gasteiger partial charge in [0.2, 0.25) is 5.89 Å². The number of benzene rings is 8. The number of aromatic nitrogens is 1. The van der Waals surface area contributed by atoms with Gasteiger partial charge in [-0.1, -0.05) is 97.1 Å². The van der Waals surface area contributed by atoms with Crippen molar-refractivity contribution in [2.45, 2.75) is 0 Å². The quantitative estimate of drug-likeness (QED) is 0.184. The van der Waals surface area contributed by atoms with Gasteiger partial charge in [-0.3, -0.25) is 0 Å². The second-order valence-electron chi connectivity index (χ2n) is 12.0. The van der Waals surface area contributed by atoms with Crippen LogP contribution in [0.2, 0.25) is 0 Å². The molecular formula is C43H26N2O2. The van der Waals surface area contributed by atoms with Gasteiger partial charge in [-0.2, -0.15) is 0 Å². The molecule has 2 aromatic heterocycles. The Kier molecular flexibility index (Phi) is 5.54. The van der Waals surface area contributed by atoms with Gasteiger partial charge < -0.3 is 13.7 Å². The summed E-state index contributed by atoms with van der Waals surface area (Å²) < 4.78 is 12.8. The molecule has 0 atom stereocenters. The van der Waals surface area contributed by atoms with E-state index in [2.05, 4.69) is 132 Å². The van der Waals surface area contributed by atoms with Crippen LogP contribution in [-0.4, -0.2) is 4.98 Å². The number of fused-ring (bicyclic) bond motifs is 4. The minimum atomic E-state index is 0.590. The highest BCUT2D eigenvalue weighted by Crippen LogP contribution is 2.44. The number of hydrogen-bond acceptors (Lipinski definition) is 4. The zero-order valence-electron chi connectivity index (χ0n) is 25.2. The number of para-hydroxylation sites is 1. The molecule has 47 heavy (non-hydrogen) atoms. The molecule has 10 aromatic rings. The van der Waals surface area contributed by atoms with Crippen LogP contribution in [0.5, 0.6) is 0 Å². The summed E-state index contributed by atoms with van der Waals surface area (Å²) >= 11 is 0. The van der Waals surface area contributed by atoms with Gasteiger partial charge in [-0.25, -0.2) is 4.98 Å². The lowest BCUT2D eigenvalue weighted by molar-refractivity contribution is 0.623. The largest absolute Gasteiger partial charge is 0.456 e. The lowest BCUT2D eigenvalue weighted by Crippen LogP contribution is -2.09. The van der Waals surface area contributed by atoms with E-state index < -0.39 is 0 Å². The van der Waals surface area contributed by atoms with Crippen LogP contribution in [0.25, 0.3) is 77.2 Å². The summed E-state index contributed by atoms with van der Waals surface area (Å²) in [5, 5.41) is 6.73. The first kappa shape index (κ1) is 25.9. The van der Waals surface area contributed by atoms with Crippen molar-refractivity contribution in [1.29, 1.82) is 0 Å². The highest BCUT2D eigenvalue weighted by atomic mass is 16.3. The summed E-state index contributed by atoms with van der Waals surface area (Å²) in [6, 6.07) is 55.1. The van der Waals surface area contributed by atoms with Crippen LogP contribution in [0, 0.1) is 0 Å². The van der Waals surface area contributed by atoms with E-state index in [9.17, 15) is 0 Å². The molecule has 0 amide bonds. The predicted octanol–water partition coefficient (Wildman–Crippen LogP) is 12.3. The third-order valence-corrected chi connectivity index (χ3v) is 9.22. The van der Waals surface area contributed by atoms with Crippen LogP contribution in [0.4, 0.5) is 17.1 Å². The molecule has 8 aromatic carbocycles. The molecule has 0 bridgehead atoms. The lowest BCUT2D eigenvalue weighted by atomic mass is 10.0. The third-order valence-electron chi connectivity index (χ3n) is 9.22. The predicted molar refractivity (Wildman–Crippen MR) is 193 cm³/mol. The molecule has 0 spiro atoms. The summed E-state index contributed by atoms with van der Waals surface area (Å²) in [6.45, 7) is 0. The standard InChI is InChI=1S/C43H26N2O2/c1-2-12-32(13-3-1)45(33-23-21-28(22-24-33)30-20-19-27-9-4-5-10-29(27)25-30)34-14-6-11-31(26-34)43-44-41-35-15-7-17-37-39(35)40-36(42(41)47-43)16-8-18-38(40)46-37/h1-26H. The number of furan rings is 1. The molecule has 10 rings (SSSR count). The summed E-state index contributed by atoms with van der Waals surface area (Å²) in [4.78, 5) is 7.37. The Morgan fingerprint density at radius 3 is 1.91 bits per heavy atom. The van der Waals surface area contributed by atoms with E-state index in [4.69, 9.17) is 13.8 Å². The van der Waals surface area contributed by atoms with E-state index in [0.29, 0.717) is 5.89 Å². The minimum absolute atomic E-state index is 0.590. The van der Waals surface area contributed by atoms with E-state index >= 15 is 0 Å². The van der Waals surface area contributed by atoms with Gasteiger partial charge >= 0.3 is 0 Å². The van der Waals surface area contributed by atoms with Crippen molar-refractivity contribution in [3.05, 3.63) is 158 Å². The number of rotatable bonds is 5. The van der Waals surface area contributed by atoms with Gasteiger partial charge in [-0.15, -0.1) is 0 Å². The molecule has 0 aliphatic heterocycles. The van der Waals surface area contributed by atoms with Gasteiger partial charge in [0, 0.05) is 44.2 Å². The Balaban J connectivity index is 1.09. The lowest BCUT2D eigenvalue weighted by Gasteiger charge is -2.26. The van der Waals surface area contributed by atoms with Gasteiger partial charge in [-0.05, 0) is 82.6 Å². The fourth-order valence-corrected chi connectivity index (χ4v) is 7.04.